The number of nitrogens with one attached hydrogen (secondary N) is 1. The van der Waals surface area contributed by atoms with Gasteiger partial charge in [-0.2, -0.15) is 0 Å². The number of benzene rings is 3. The highest BCUT2D eigenvalue weighted by Gasteiger charge is 2.09. The summed E-state index contributed by atoms with van der Waals surface area (Å²) < 4.78 is 5.73. The average Bonchev–Trinajstić information content (AvgIpc) is 2.78. The van der Waals surface area contributed by atoms with E-state index in [1.165, 1.54) is 5.56 Å². The summed E-state index contributed by atoms with van der Waals surface area (Å²) in [6.45, 7) is 6.11. The van der Waals surface area contributed by atoms with E-state index in [2.05, 4.69) is 28.3 Å². The Morgan fingerprint density at radius 2 is 1.52 bits per heavy atom. The molecular formula is C26H23N3O2. The zero-order valence-corrected chi connectivity index (χ0v) is 17.7. The van der Waals surface area contributed by atoms with Gasteiger partial charge in [0, 0.05) is 29.2 Å². The van der Waals surface area contributed by atoms with E-state index in [0.29, 0.717) is 11.3 Å². The number of amides is 1. The summed E-state index contributed by atoms with van der Waals surface area (Å²) in [6.07, 6.45) is 3.49. The van der Waals surface area contributed by atoms with Crippen molar-refractivity contribution in [3.8, 4) is 22.9 Å². The lowest BCUT2D eigenvalue weighted by Gasteiger charge is -2.09. The van der Waals surface area contributed by atoms with Crippen molar-refractivity contribution >= 4 is 11.6 Å². The zero-order valence-electron chi connectivity index (χ0n) is 17.7. The first kappa shape index (κ1) is 20.3. The number of aromatic nitrogens is 2. The minimum atomic E-state index is -0.173. The molecule has 0 aliphatic rings. The van der Waals surface area contributed by atoms with Crippen LogP contribution in [0.3, 0.4) is 0 Å². The maximum Gasteiger partial charge on any atom is 0.321 e. The Morgan fingerprint density at radius 3 is 2.19 bits per heavy atom. The van der Waals surface area contributed by atoms with E-state index in [0.717, 1.165) is 27.9 Å². The van der Waals surface area contributed by atoms with Crippen LogP contribution < -0.4 is 10.1 Å². The first-order valence-electron chi connectivity index (χ1n) is 10.0. The van der Waals surface area contributed by atoms with E-state index < -0.39 is 0 Å². The standard InChI is InChI=1S/C26H23N3O2/c1-17-8-11-22(14-19(17)3)29-25(30)20-9-12-23(13-10-20)31-26-27-15-21(16-28-26)24-7-5-4-6-18(24)2/h4-16H,1-3H3,(H,29,30). The van der Waals surface area contributed by atoms with Gasteiger partial charge in [0.05, 0.1) is 0 Å². The molecule has 5 heteroatoms. The highest BCUT2D eigenvalue weighted by molar-refractivity contribution is 6.04. The molecule has 0 bridgehead atoms. The third kappa shape index (κ3) is 4.78. The van der Waals surface area contributed by atoms with Crippen LogP contribution >= 0.6 is 0 Å². The molecule has 0 atom stereocenters. The monoisotopic (exact) mass is 409 g/mol. The highest BCUT2D eigenvalue weighted by atomic mass is 16.5. The van der Waals surface area contributed by atoms with Gasteiger partial charge in [0.2, 0.25) is 0 Å². The van der Waals surface area contributed by atoms with Crippen molar-refractivity contribution in [2.24, 2.45) is 0 Å². The van der Waals surface area contributed by atoms with Crippen LogP contribution in [-0.2, 0) is 0 Å². The quantitative estimate of drug-likeness (QED) is 0.432. The maximum absolute atomic E-state index is 12.5. The molecule has 0 spiro atoms. The van der Waals surface area contributed by atoms with Gasteiger partial charge in [-0.05, 0) is 79.4 Å². The van der Waals surface area contributed by atoms with E-state index in [-0.39, 0.29) is 11.9 Å². The lowest BCUT2D eigenvalue weighted by atomic mass is 10.0. The Labute approximate surface area is 181 Å². The number of rotatable bonds is 5. The molecule has 0 radical (unpaired) electrons. The van der Waals surface area contributed by atoms with Crippen LogP contribution in [0.2, 0.25) is 0 Å². The predicted octanol–water partition coefficient (Wildman–Crippen LogP) is 6.11. The van der Waals surface area contributed by atoms with Gasteiger partial charge in [-0.3, -0.25) is 4.79 Å². The van der Waals surface area contributed by atoms with Crippen molar-refractivity contribution < 1.29 is 9.53 Å². The highest BCUT2D eigenvalue weighted by Crippen LogP contribution is 2.24. The number of aryl methyl sites for hydroxylation is 3. The lowest BCUT2D eigenvalue weighted by Crippen LogP contribution is -2.11. The van der Waals surface area contributed by atoms with Gasteiger partial charge in [0.25, 0.3) is 5.91 Å². The second-order valence-corrected chi connectivity index (χ2v) is 7.45. The molecule has 1 aromatic heterocycles. The fourth-order valence-corrected chi connectivity index (χ4v) is 3.21. The summed E-state index contributed by atoms with van der Waals surface area (Å²) in [5, 5.41) is 2.92. The van der Waals surface area contributed by atoms with Crippen molar-refractivity contribution in [3.05, 3.63) is 101 Å². The number of carbonyl (C=O) groups is 1. The van der Waals surface area contributed by atoms with Crippen LogP contribution in [0.4, 0.5) is 5.69 Å². The zero-order chi connectivity index (χ0) is 21.8. The normalized spacial score (nSPS) is 10.5. The molecule has 0 unspecified atom stereocenters. The summed E-state index contributed by atoms with van der Waals surface area (Å²) in [5.41, 5.74) is 6.83. The fourth-order valence-electron chi connectivity index (χ4n) is 3.21. The topological polar surface area (TPSA) is 64.1 Å². The van der Waals surface area contributed by atoms with Gasteiger partial charge >= 0.3 is 6.01 Å². The van der Waals surface area contributed by atoms with E-state index in [1.807, 2.05) is 50.2 Å². The Bertz CT molecular complexity index is 1220. The number of hydrogen-bond donors (Lipinski definition) is 1. The van der Waals surface area contributed by atoms with Gasteiger partial charge in [0.15, 0.2) is 0 Å². The fraction of sp³-hybridized carbons (Fsp3) is 0.115. The molecular weight excluding hydrogens is 386 g/mol. The SMILES string of the molecule is Cc1ccc(NC(=O)c2ccc(Oc3ncc(-c4ccccc4C)cn3)cc2)cc1C. The van der Waals surface area contributed by atoms with Crippen LogP contribution in [0, 0.1) is 20.8 Å². The molecule has 1 N–H and O–H groups in total. The maximum atomic E-state index is 12.5. The second-order valence-electron chi connectivity index (χ2n) is 7.45. The molecule has 0 aliphatic heterocycles. The van der Waals surface area contributed by atoms with Gasteiger partial charge < -0.3 is 10.1 Å². The molecule has 4 aromatic rings. The molecule has 3 aromatic carbocycles. The molecule has 154 valence electrons. The average molecular weight is 409 g/mol. The molecule has 5 nitrogen and oxygen atoms in total. The third-order valence-corrected chi connectivity index (χ3v) is 5.17. The number of anilines is 1. The summed E-state index contributed by atoms with van der Waals surface area (Å²) in [5.74, 6) is 0.389. The van der Waals surface area contributed by atoms with Gasteiger partial charge in [0.1, 0.15) is 5.75 Å². The van der Waals surface area contributed by atoms with E-state index >= 15 is 0 Å². The van der Waals surface area contributed by atoms with Crippen molar-refractivity contribution in [3.63, 3.8) is 0 Å². The van der Waals surface area contributed by atoms with Crippen molar-refractivity contribution in [1.82, 2.24) is 9.97 Å². The molecule has 1 heterocycles. The molecule has 0 fully saturated rings. The molecule has 4 rings (SSSR count). The number of hydrogen-bond acceptors (Lipinski definition) is 4. The largest absolute Gasteiger partial charge is 0.424 e. The Kier molecular flexibility index (Phi) is 5.76. The molecule has 31 heavy (non-hydrogen) atoms. The first-order chi connectivity index (χ1) is 15.0. The Morgan fingerprint density at radius 1 is 0.806 bits per heavy atom. The van der Waals surface area contributed by atoms with Crippen LogP contribution in [0.25, 0.3) is 11.1 Å². The molecule has 1 amide bonds. The number of ether oxygens (including phenoxy) is 1. The van der Waals surface area contributed by atoms with Crippen LogP contribution in [0.5, 0.6) is 11.8 Å². The number of nitrogens with zero attached hydrogens (tertiary/aromatic N) is 2. The van der Waals surface area contributed by atoms with E-state index in [1.54, 1.807) is 36.7 Å². The van der Waals surface area contributed by atoms with E-state index in [4.69, 9.17) is 4.74 Å². The van der Waals surface area contributed by atoms with Crippen molar-refractivity contribution in [2.45, 2.75) is 20.8 Å². The molecule has 0 aliphatic carbocycles. The van der Waals surface area contributed by atoms with Gasteiger partial charge in [-0.1, -0.05) is 30.3 Å². The van der Waals surface area contributed by atoms with Gasteiger partial charge in [-0.25, -0.2) is 9.97 Å². The van der Waals surface area contributed by atoms with Crippen molar-refractivity contribution in [1.29, 1.82) is 0 Å². The minimum Gasteiger partial charge on any atom is -0.424 e. The summed E-state index contributed by atoms with van der Waals surface area (Å²) in [4.78, 5) is 21.1. The first-order valence-corrected chi connectivity index (χ1v) is 10.0. The molecule has 0 saturated heterocycles. The second kappa shape index (κ2) is 8.79. The smallest absolute Gasteiger partial charge is 0.321 e. The van der Waals surface area contributed by atoms with E-state index in [9.17, 15) is 4.79 Å². The summed E-state index contributed by atoms with van der Waals surface area (Å²) in [6, 6.07) is 21.1. The Balaban J connectivity index is 1.42. The predicted molar refractivity (Wildman–Crippen MR) is 123 cm³/mol. The summed E-state index contributed by atoms with van der Waals surface area (Å²) in [7, 11) is 0. The number of carbonyl (C=O) groups excluding carboxylic acids is 1. The minimum absolute atomic E-state index is 0.173. The lowest BCUT2D eigenvalue weighted by molar-refractivity contribution is 0.102. The Hall–Kier alpha value is -3.99. The summed E-state index contributed by atoms with van der Waals surface area (Å²) >= 11 is 0. The van der Waals surface area contributed by atoms with Crippen LogP contribution in [-0.4, -0.2) is 15.9 Å². The molecule has 0 saturated carbocycles. The van der Waals surface area contributed by atoms with Crippen LogP contribution in [0.15, 0.2) is 79.1 Å². The van der Waals surface area contributed by atoms with Crippen molar-refractivity contribution in [2.75, 3.05) is 5.32 Å². The van der Waals surface area contributed by atoms with Gasteiger partial charge in [-0.15, -0.1) is 0 Å². The van der Waals surface area contributed by atoms with Crippen LogP contribution in [0.1, 0.15) is 27.0 Å². The third-order valence-electron chi connectivity index (χ3n) is 5.17.